The van der Waals surface area contributed by atoms with Gasteiger partial charge < -0.3 is 9.84 Å². The summed E-state index contributed by atoms with van der Waals surface area (Å²) < 4.78 is 5.26. The number of hydrogen-bond acceptors (Lipinski definition) is 6. The first-order valence-electron chi connectivity index (χ1n) is 10.1. The molecule has 0 spiro atoms. The first-order valence-corrected chi connectivity index (χ1v) is 10.1. The maximum absolute atomic E-state index is 12.3. The number of aryl methyl sites for hydroxylation is 1. The van der Waals surface area contributed by atoms with Crippen molar-refractivity contribution in [2.75, 3.05) is 19.6 Å². The summed E-state index contributed by atoms with van der Waals surface area (Å²) in [7, 11) is 0. The van der Waals surface area contributed by atoms with Crippen LogP contribution < -0.4 is 5.32 Å². The second kappa shape index (κ2) is 8.82. The molecule has 1 aliphatic heterocycles. The third-order valence-corrected chi connectivity index (χ3v) is 5.42. The molecule has 1 N–H and O–H groups in total. The molecule has 0 aromatic carbocycles. The van der Waals surface area contributed by atoms with Gasteiger partial charge in [0.25, 0.3) is 0 Å². The van der Waals surface area contributed by atoms with Gasteiger partial charge in [0.05, 0.1) is 0 Å². The number of pyridine rings is 1. The van der Waals surface area contributed by atoms with E-state index < -0.39 is 0 Å². The Morgan fingerprint density at radius 2 is 1.93 bits per heavy atom. The van der Waals surface area contributed by atoms with Gasteiger partial charge in [-0.1, -0.05) is 19.0 Å². The minimum atomic E-state index is -0.0579. The minimum absolute atomic E-state index is 0.00911. The van der Waals surface area contributed by atoms with Crippen LogP contribution in [-0.4, -0.2) is 51.1 Å². The lowest BCUT2D eigenvalue weighted by Crippen LogP contribution is -2.56. The molecule has 1 aliphatic rings. The van der Waals surface area contributed by atoms with Gasteiger partial charge in [0.1, 0.15) is 0 Å². The van der Waals surface area contributed by atoms with Crippen LogP contribution in [0.5, 0.6) is 0 Å². The lowest BCUT2D eigenvalue weighted by molar-refractivity contribution is -0.121. The Kier molecular flexibility index (Phi) is 6.44. The highest BCUT2D eigenvalue weighted by atomic mass is 16.5. The Labute approximate surface area is 166 Å². The van der Waals surface area contributed by atoms with Gasteiger partial charge in [-0.25, -0.2) is 0 Å². The van der Waals surface area contributed by atoms with E-state index >= 15 is 0 Å². The van der Waals surface area contributed by atoms with Crippen molar-refractivity contribution in [3.63, 3.8) is 0 Å². The van der Waals surface area contributed by atoms with E-state index in [4.69, 9.17) is 4.52 Å². The normalized spacial score (nSPS) is 20.9. The van der Waals surface area contributed by atoms with Crippen molar-refractivity contribution in [2.45, 2.75) is 52.5 Å². The summed E-state index contributed by atoms with van der Waals surface area (Å²) in [5.74, 6) is 2.40. The molecule has 2 unspecified atom stereocenters. The molecule has 28 heavy (non-hydrogen) atoms. The fourth-order valence-corrected chi connectivity index (χ4v) is 3.87. The topological polar surface area (TPSA) is 84.2 Å². The zero-order chi connectivity index (χ0) is 20.1. The van der Waals surface area contributed by atoms with Crippen molar-refractivity contribution in [2.24, 2.45) is 11.8 Å². The number of carbonyl (C=O) groups is 1. The highest BCUT2D eigenvalue weighted by molar-refractivity contribution is 5.76. The summed E-state index contributed by atoms with van der Waals surface area (Å²) in [4.78, 5) is 23.2. The predicted molar refractivity (Wildman–Crippen MR) is 107 cm³/mol. The van der Waals surface area contributed by atoms with Crippen molar-refractivity contribution in [3.8, 4) is 11.4 Å². The van der Waals surface area contributed by atoms with Crippen molar-refractivity contribution < 1.29 is 9.32 Å². The summed E-state index contributed by atoms with van der Waals surface area (Å²) >= 11 is 0. The number of likely N-dealkylation sites (tertiary alicyclic amines) is 1. The molecule has 0 aliphatic carbocycles. The molecule has 1 saturated heterocycles. The predicted octanol–water partition coefficient (Wildman–Crippen LogP) is 2.94. The maximum Gasteiger partial charge on any atom is 0.227 e. The van der Waals surface area contributed by atoms with Crippen LogP contribution in [0.2, 0.25) is 0 Å². The van der Waals surface area contributed by atoms with E-state index in [-0.39, 0.29) is 11.4 Å². The average Bonchev–Trinajstić information content (AvgIpc) is 3.14. The van der Waals surface area contributed by atoms with Crippen LogP contribution >= 0.6 is 0 Å². The van der Waals surface area contributed by atoms with Crippen molar-refractivity contribution in [3.05, 3.63) is 30.4 Å². The number of nitrogens with one attached hydrogen (secondary N) is 1. The summed E-state index contributed by atoms with van der Waals surface area (Å²) in [5, 5.41) is 7.05. The average molecular weight is 386 g/mol. The molecule has 152 valence electrons. The molecule has 0 radical (unpaired) electrons. The van der Waals surface area contributed by atoms with Crippen molar-refractivity contribution >= 4 is 5.91 Å². The fraction of sp³-hybridized carbons (Fsp3) is 0.619. The Bertz CT molecular complexity index is 764. The second-order valence-electron chi connectivity index (χ2n) is 8.69. The highest BCUT2D eigenvalue weighted by Gasteiger charge is 2.32. The van der Waals surface area contributed by atoms with Crippen LogP contribution in [0.15, 0.2) is 29.0 Å². The minimum Gasteiger partial charge on any atom is -0.354 e. The zero-order valence-corrected chi connectivity index (χ0v) is 17.3. The number of hydrogen-bond donors (Lipinski definition) is 1. The van der Waals surface area contributed by atoms with Gasteiger partial charge in [-0.15, -0.1) is 0 Å². The monoisotopic (exact) mass is 385 g/mol. The third-order valence-electron chi connectivity index (χ3n) is 5.42. The van der Waals surface area contributed by atoms with Gasteiger partial charge >= 0.3 is 0 Å². The molecular weight excluding hydrogens is 354 g/mol. The lowest BCUT2D eigenvalue weighted by atomic mass is 9.88. The van der Waals surface area contributed by atoms with Gasteiger partial charge in [0, 0.05) is 56.0 Å². The quantitative estimate of drug-likeness (QED) is 0.789. The molecule has 1 fully saturated rings. The smallest absolute Gasteiger partial charge is 0.227 e. The van der Waals surface area contributed by atoms with Crippen LogP contribution in [0, 0.1) is 11.8 Å². The van der Waals surface area contributed by atoms with E-state index in [0.717, 1.165) is 18.7 Å². The third kappa shape index (κ3) is 5.38. The van der Waals surface area contributed by atoms with E-state index in [1.54, 1.807) is 12.4 Å². The molecule has 3 heterocycles. The molecule has 1 amide bonds. The van der Waals surface area contributed by atoms with E-state index in [1.807, 2.05) is 12.1 Å². The Hall–Kier alpha value is -2.28. The molecule has 2 aromatic rings. The first kappa shape index (κ1) is 20.5. The number of carbonyl (C=O) groups excluding carboxylic acids is 1. The Balaban J connectivity index is 1.46. The SMILES string of the molecule is CC1CC(C)CN(C(C)(C)CNC(=O)CCc2nc(-c3ccncc3)no2)C1. The first-order chi connectivity index (χ1) is 13.3. The Morgan fingerprint density at radius 1 is 1.25 bits per heavy atom. The van der Waals surface area contributed by atoms with E-state index in [0.29, 0.717) is 42.9 Å². The molecule has 7 nitrogen and oxygen atoms in total. The largest absolute Gasteiger partial charge is 0.354 e. The summed E-state index contributed by atoms with van der Waals surface area (Å²) in [6, 6.07) is 3.65. The molecular formula is C21H31N5O2. The number of amides is 1. The van der Waals surface area contributed by atoms with Gasteiger partial charge in [0.15, 0.2) is 0 Å². The molecule has 0 saturated carbocycles. The fourth-order valence-electron chi connectivity index (χ4n) is 3.87. The van der Waals surface area contributed by atoms with E-state index in [9.17, 15) is 4.79 Å². The van der Waals surface area contributed by atoms with Crippen LogP contribution in [0.3, 0.4) is 0 Å². The number of nitrogens with zero attached hydrogens (tertiary/aromatic N) is 4. The van der Waals surface area contributed by atoms with Crippen LogP contribution in [0.1, 0.15) is 46.4 Å². The second-order valence-corrected chi connectivity index (χ2v) is 8.69. The standard InChI is InChI=1S/C21H31N5O2/c1-15-11-16(2)13-26(12-15)21(3,4)14-23-18(27)5-6-19-24-20(25-28-19)17-7-9-22-10-8-17/h7-10,15-16H,5-6,11-14H2,1-4H3,(H,23,27). The van der Waals surface area contributed by atoms with Crippen LogP contribution in [0.25, 0.3) is 11.4 Å². The molecule has 3 rings (SSSR count). The summed E-state index contributed by atoms with van der Waals surface area (Å²) in [6.45, 7) is 11.8. The Morgan fingerprint density at radius 3 is 2.61 bits per heavy atom. The number of aromatic nitrogens is 3. The lowest BCUT2D eigenvalue weighted by Gasteiger charge is -2.45. The summed E-state index contributed by atoms with van der Waals surface area (Å²) in [5.41, 5.74) is 0.790. The van der Waals surface area contributed by atoms with E-state index in [1.165, 1.54) is 6.42 Å². The van der Waals surface area contributed by atoms with Gasteiger partial charge in [-0.2, -0.15) is 4.98 Å². The summed E-state index contributed by atoms with van der Waals surface area (Å²) in [6.07, 6.45) is 5.42. The zero-order valence-electron chi connectivity index (χ0n) is 17.3. The van der Waals surface area contributed by atoms with Gasteiger partial charge in [-0.3, -0.25) is 14.7 Å². The number of rotatable bonds is 7. The van der Waals surface area contributed by atoms with Gasteiger partial charge in [-0.05, 0) is 44.2 Å². The molecule has 2 aromatic heterocycles. The van der Waals surface area contributed by atoms with E-state index in [2.05, 4.69) is 53.0 Å². The molecule has 7 heteroatoms. The maximum atomic E-state index is 12.3. The number of piperidine rings is 1. The van der Waals surface area contributed by atoms with Crippen molar-refractivity contribution in [1.29, 1.82) is 0 Å². The van der Waals surface area contributed by atoms with Crippen LogP contribution in [-0.2, 0) is 11.2 Å². The van der Waals surface area contributed by atoms with Crippen molar-refractivity contribution in [1.82, 2.24) is 25.3 Å². The van der Waals surface area contributed by atoms with Crippen LogP contribution in [0.4, 0.5) is 0 Å². The molecule has 2 atom stereocenters. The van der Waals surface area contributed by atoms with Gasteiger partial charge in [0.2, 0.25) is 17.6 Å². The molecule has 0 bridgehead atoms. The highest BCUT2D eigenvalue weighted by Crippen LogP contribution is 2.26.